The highest BCUT2D eigenvalue weighted by Crippen LogP contribution is 2.24. The molecule has 3 rings (SSSR count). The van der Waals surface area contributed by atoms with Crippen LogP contribution < -0.4 is 10.1 Å². The molecule has 0 spiro atoms. The highest BCUT2D eigenvalue weighted by Gasteiger charge is 2.21. The monoisotopic (exact) mass is 355 g/mol. The number of rotatable bonds is 6. The van der Waals surface area contributed by atoms with Gasteiger partial charge in [-0.1, -0.05) is 36.4 Å². The number of fused-ring (bicyclic) bond motifs is 1. The average molecular weight is 355 g/mol. The third-order valence-electron chi connectivity index (χ3n) is 4.75. The zero-order valence-corrected chi connectivity index (χ0v) is 15.8. The first-order chi connectivity index (χ1) is 12.8. The maximum atomic E-state index is 5.99. The van der Waals surface area contributed by atoms with Gasteiger partial charge in [-0.2, -0.15) is 0 Å². The summed E-state index contributed by atoms with van der Waals surface area (Å²) in [6.45, 7) is 6.14. The molecule has 1 N–H and O–H groups in total. The first-order valence-electron chi connectivity index (χ1n) is 9.49. The van der Waals surface area contributed by atoms with Gasteiger partial charge in [0.05, 0.1) is 12.6 Å². The van der Waals surface area contributed by atoms with Gasteiger partial charge in [0.2, 0.25) is 0 Å². The van der Waals surface area contributed by atoms with Crippen LogP contribution in [0, 0.1) is 0 Å². The van der Waals surface area contributed by atoms with E-state index in [-0.39, 0.29) is 0 Å². The predicted octanol–water partition coefficient (Wildman–Crippen LogP) is 3.29. The Morgan fingerprint density at radius 2 is 1.92 bits per heavy atom. The molecule has 0 amide bonds. The van der Waals surface area contributed by atoms with Crippen LogP contribution in [0.25, 0.3) is 10.8 Å². The van der Waals surface area contributed by atoms with Gasteiger partial charge < -0.3 is 19.7 Å². The minimum atomic E-state index is 0.393. The zero-order valence-electron chi connectivity index (χ0n) is 15.8. The number of piperidine rings is 1. The van der Waals surface area contributed by atoms with E-state index in [0.29, 0.717) is 12.7 Å². The summed E-state index contributed by atoms with van der Waals surface area (Å²) in [7, 11) is 1.84. The summed E-state index contributed by atoms with van der Waals surface area (Å²) in [6.07, 6.45) is 2.51. The van der Waals surface area contributed by atoms with Crippen LogP contribution in [0.15, 0.2) is 47.5 Å². The Labute approximate surface area is 156 Å². The van der Waals surface area contributed by atoms with Crippen molar-refractivity contribution in [2.45, 2.75) is 25.9 Å². The number of nitrogens with one attached hydrogen (secondary N) is 1. The van der Waals surface area contributed by atoms with Crippen LogP contribution in [-0.4, -0.2) is 56.9 Å². The number of likely N-dealkylation sites (tertiary alicyclic amines) is 1. The Bertz CT molecular complexity index is 719. The van der Waals surface area contributed by atoms with E-state index in [9.17, 15) is 0 Å². The first-order valence-corrected chi connectivity index (χ1v) is 9.49. The topological polar surface area (TPSA) is 46.1 Å². The second kappa shape index (κ2) is 9.43. The summed E-state index contributed by atoms with van der Waals surface area (Å²) in [5.74, 6) is 1.87. The molecule has 0 atom stereocenters. The van der Waals surface area contributed by atoms with Crippen LogP contribution in [0.1, 0.15) is 19.8 Å². The van der Waals surface area contributed by atoms with Gasteiger partial charge in [0.25, 0.3) is 0 Å². The number of benzene rings is 2. The Kier molecular flexibility index (Phi) is 6.72. The van der Waals surface area contributed by atoms with E-state index in [4.69, 9.17) is 9.47 Å². The molecule has 5 heteroatoms. The van der Waals surface area contributed by atoms with Crippen molar-refractivity contribution in [1.29, 1.82) is 0 Å². The number of guanidine groups is 1. The van der Waals surface area contributed by atoms with Crippen LogP contribution in [0.2, 0.25) is 0 Å². The Hall–Kier alpha value is -2.27. The lowest BCUT2D eigenvalue weighted by Crippen LogP contribution is -2.47. The van der Waals surface area contributed by atoms with Gasteiger partial charge in [-0.25, -0.2) is 0 Å². The van der Waals surface area contributed by atoms with Gasteiger partial charge in [0.15, 0.2) is 5.96 Å². The third-order valence-corrected chi connectivity index (χ3v) is 4.75. The number of hydrogen-bond acceptors (Lipinski definition) is 3. The van der Waals surface area contributed by atoms with E-state index in [1.807, 2.05) is 31.3 Å². The largest absolute Gasteiger partial charge is 0.491 e. The van der Waals surface area contributed by atoms with E-state index in [2.05, 4.69) is 40.3 Å². The van der Waals surface area contributed by atoms with Crippen molar-refractivity contribution in [2.75, 3.05) is 39.9 Å². The van der Waals surface area contributed by atoms with E-state index in [1.54, 1.807) is 0 Å². The lowest BCUT2D eigenvalue weighted by Gasteiger charge is -2.34. The minimum absolute atomic E-state index is 0.393. The number of ether oxygens (including phenoxy) is 2. The van der Waals surface area contributed by atoms with Gasteiger partial charge >= 0.3 is 0 Å². The third kappa shape index (κ3) is 4.67. The maximum Gasteiger partial charge on any atom is 0.193 e. The average Bonchev–Trinajstić information content (AvgIpc) is 2.69. The number of hydrogen-bond donors (Lipinski definition) is 1. The molecule has 26 heavy (non-hydrogen) atoms. The van der Waals surface area contributed by atoms with Crippen LogP contribution in [0.4, 0.5) is 0 Å². The molecule has 0 saturated carbocycles. The summed E-state index contributed by atoms with van der Waals surface area (Å²) in [6, 6.07) is 14.5. The molecular formula is C21H29N3O2. The Morgan fingerprint density at radius 3 is 2.69 bits per heavy atom. The standard InChI is InChI=1S/C21H29N3O2/c1-3-25-18-11-14-24(15-12-18)21(22-2)23-13-16-26-20-10-6-8-17-7-4-5-9-19(17)20/h4-10,18H,3,11-16H2,1-2H3,(H,22,23). The van der Waals surface area contributed by atoms with Gasteiger partial charge in [0.1, 0.15) is 12.4 Å². The van der Waals surface area contributed by atoms with Crippen LogP contribution >= 0.6 is 0 Å². The molecule has 2 aromatic rings. The van der Waals surface area contributed by atoms with Crippen LogP contribution in [0.3, 0.4) is 0 Å². The molecule has 5 nitrogen and oxygen atoms in total. The normalized spacial score (nSPS) is 16.1. The van der Waals surface area contributed by atoms with E-state index < -0.39 is 0 Å². The van der Waals surface area contributed by atoms with Crippen molar-refractivity contribution in [3.05, 3.63) is 42.5 Å². The second-order valence-corrected chi connectivity index (χ2v) is 6.44. The molecule has 1 aliphatic heterocycles. The first kappa shape index (κ1) is 18.5. The summed E-state index contributed by atoms with van der Waals surface area (Å²) in [4.78, 5) is 6.71. The van der Waals surface area contributed by atoms with Crippen molar-refractivity contribution < 1.29 is 9.47 Å². The quantitative estimate of drug-likeness (QED) is 0.491. The minimum Gasteiger partial charge on any atom is -0.491 e. The van der Waals surface area contributed by atoms with Gasteiger partial charge in [-0.15, -0.1) is 0 Å². The molecule has 1 fully saturated rings. The van der Waals surface area contributed by atoms with Crippen LogP contribution in [-0.2, 0) is 4.74 Å². The predicted molar refractivity (Wildman–Crippen MR) is 107 cm³/mol. The zero-order chi connectivity index (χ0) is 18.2. The molecule has 0 aromatic heterocycles. The number of nitrogens with zero attached hydrogens (tertiary/aromatic N) is 2. The fourth-order valence-corrected chi connectivity index (χ4v) is 3.45. The van der Waals surface area contributed by atoms with Crippen LogP contribution in [0.5, 0.6) is 5.75 Å². The SMILES string of the molecule is CCOC1CCN(C(=NC)NCCOc2cccc3ccccc23)CC1. The molecule has 0 bridgehead atoms. The van der Waals surface area contributed by atoms with Crippen molar-refractivity contribution in [3.63, 3.8) is 0 Å². The molecule has 0 radical (unpaired) electrons. The van der Waals surface area contributed by atoms with Gasteiger partial charge in [0, 0.05) is 32.1 Å². The molecular weight excluding hydrogens is 326 g/mol. The van der Waals surface area contributed by atoms with Gasteiger partial charge in [-0.3, -0.25) is 4.99 Å². The highest BCUT2D eigenvalue weighted by atomic mass is 16.5. The molecule has 0 unspecified atom stereocenters. The molecule has 1 aliphatic rings. The Balaban J connectivity index is 1.46. The molecule has 2 aromatic carbocycles. The molecule has 1 heterocycles. The molecule has 140 valence electrons. The lowest BCUT2D eigenvalue weighted by atomic mass is 10.1. The summed E-state index contributed by atoms with van der Waals surface area (Å²) >= 11 is 0. The van der Waals surface area contributed by atoms with Crippen molar-refractivity contribution in [3.8, 4) is 5.75 Å². The smallest absolute Gasteiger partial charge is 0.193 e. The van der Waals surface area contributed by atoms with Gasteiger partial charge in [-0.05, 0) is 31.2 Å². The number of aliphatic imine (C=N–C) groups is 1. The summed E-state index contributed by atoms with van der Waals surface area (Å²) in [5.41, 5.74) is 0. The van der Waals surface area contributed by atoms with Crippen molar-refractivity contribution in [1.82, 2.24) is 10.2 Å². The van der Waals surface area contributed by atoms with Crippen molar-refractivity contribution in [2.24, 2.45) is 4.99 Å². The Morgan fingerprint density at radius 1 is 1.15 bits per heavy atom. The molecule has 0 aliphatic carbocycles. The van der Waals surface area contributed by atoms with Crippen molar-refractivity contribution >= 4 is 16.7 Å². The van der Waals surface area contributed by atoms with E-state index in [1.165, 1.54) is 5.39 Å². The fourth-order valence-electron chi connectivity index (χ4n) is 3.45. The van der Waals surface area contributed by atoms with E-state index in [0.717, 1.165) is 56.2 Å². The van der Waals surface area contributed by atoms with E-state index >= 15 is 0 Å². The lowest BCUT2D eigenvalue weighted by molar-refractivity contribution is 0.0263. The summed E-state index contributed by atoms with van der Waals surface area (Å²) in [5, 5.41) is 5.76. The highest BCUT2D eigenvalue weighted by molar-refractivity contribution is 5.88. The fraction of sp³-hybridized carbons (Fsp3) is 0.476. The summed E-state index contributed by atoms with van der Waals surface area (Å²) < 4.78 is 11.7. The molecule has 1 saturated heterocycles. The maximum absolute atomic E-state index is 5.99. The second-order valence-electron chi connectivity index (χ2n) is 6.44.